The van der Waals surface area contributed by atoms with Crippen molar-refractivity contribution in [2.45, 2.75) is 25.5 Å². The first kappa shape index (κ1) is 14.4. The van der Waals surface area contributed by atoms with Gasteiger partial charge in [-0.1, -0.05) is 12.1 Å². The van der Waals surface area contributed by atoms with E-state index in [0.717, 1.165) is 26.2 Å². The summed E-state index contributed by atoms with van der Waals surface area (Å²) in [6, 6.07) is 8.28. The first-order chi connectivity index (χ1) is 10.1. The molecule has 21 heavy (non-hydrogen) atoms. The molecule has 114 valence electrons. The summed E-state index contributed by atoms with van der Waals surface area (Å²) in [5.74, 6) is 0.135. The van der Waals surface area contributed by atoms with Crippen LogP contribution in [0.4, 0.5) is 5.69 Å². The van der Waals surface area contributed by atoms with Gasteiger partial charge in [-0.2, -0.15) is 0 Å². The Balaban J connectivity index is 1.56. The van der Waals surface area contributed by atoms with Crippen molar-refractivity contribution in [1.82, 2.24) is 10.2 Å². The predicted molar refractivity (Wildman–Crippen MR) is 82.4 cm³/mol. The Labute approximate surface area is 125 Å². The molecule has 2 N–H and O–H groups in total. The van der Waals surface area contributed by atoms with E-state index < -0.39 is 0 Å². The van der Waals surface area contributed by atoms with E-state index >= 15 is 0 Å². The predicted octanol–water partition coefficient (Wildman–Crippen LogP) is 0.366. The molecule has 0 spiro atoms. The van der Waals surface area contributed by atoms with Crippen molar-refractivity contribution < 1.29 is 9.90 Å². The Bertz CT molecular complexity index is 512. The third kappa shape index (κ3) is 3.19. The second-order valence-electron chi connectivity index (χ2n) is 6.00. The standard InChI is InChI=1S/C16H23N3O2/c1-12-3-2-4-13(9-12)18-5-7-19(8-6-18)16(21)15-10-14(20)11-17-15/h2-4,9,14-15,17,20H,5-8,10-11H2,1H3/t14-,15-/m0/s1. The van der Waals surface area contributed by atoms with Gasteiger partial charge in [-0.05, 0) is 31.0 Å². The first-order valence-electron chi connectivity index (χ1n) is 7.65. The molecule has 2 heterocycles. The summed E-state index contributed by atoms with van der Waals surface area (Å²) in [6.07, 6.45) is 0.157. The molecule has 0 aliphatic carbocycles. The van der Waals surface area contributed by atoms with Crippen molar-refractivity contribution in [3.63, 3.8) is 0 Å². The van der Waals surface area contributed by atoms with Crippen molar-refractivity contribution >= 4 is 11.6 Å². The zero-order chi connectivity index (χ0) is 14.8. The number of nitrogens with one attached hydrogen (secondary N) is 1. The Hall–Kier alpha value is -1.59. The number of piperazine rings is 1. The van der Waals surface area contributed by atoms with Crippen LogP contribution in [0.2, 0.25) is 0 Å². The topological polar surface area (TPSA) is 55.8 Å². The minimum atomic E-state index is -0.382. The van der Waals surface area contributed by atoms with Gasteiger partial charge in [0.2, 0.25) is 5.91 Å². The van der Waals surface area contributed by atoms with Crippen LogP contribution in [0, 0.1) is 6.92 Å². The van der Waals surface area contributed by atoms with Gasteiger partial charge in [0.05, 0.1) is 12.1 Å². The highest BCUT2D eigenvalue weighted by Gasteiger charge is 2.32. The maximum Gasteiger partial charge on any atom is 0.239 e. The quantitative estimate of drug-likeness (QED) is 0.826. The van der Waals surface area contributed by atoms with Gasteiger partial charge in [-0.15, -0.1) is 0 Å². The summed E-state index contributed by atoms with van der Waals surface area (Å²) in [5, 5.41) is 12.6. The molecule has 5 nitrogen and oxygen atoms in total. The number of β-amino-alcohol motifs (C(OH)–C–C–N with tert-alkyl or cyclic N) is 1. The van der Waals surface area contributed by atoms with Crippen LogP contribution >= 0.6 is 0 Å². The Morgan fingerprint density at radius 1 is 1.29 bits per heavy atom. The monoisotopic (exact) mass is 289 g/mol. The Morgan fingerprint density at radius 2 is 2.05 bits per heavy atom. The van der Waals surface area contributed by atoms with Crippen LogP contribution in [0.3, 0.4) is 0 Å². The fourth-order valence-corrected chi connectivity index (χ4v) is 3.14. The Kier molecular flexibility index (Phi) is 4.12. The summed E-state index contributed by atoms with van der Waals surface area (Å²) in [4.78, 5) is 16.6. The normalized spacial score (nSPS) is 26.2. The third-order valence-corrected chi connectivity index (χ3v) is 4.36. The maximum absolute atomic E-state index is 12.4. The fourth-order valence-electron chi connectivity index (χ4n) is 3.14. The number of anilines is 1. The number of hydrogen-bond donors (Lipinski definition) is 2. The maximum atomic E-state index is 12.4. The number of rotatable bonds is 2. The molecule has 2 aliphatic heterocycles. The molecule has 1 aromatic rings. The van der Waals surface area contributed by atoms with Crippen LogP contribution in [-0.2, 0) is 4.79 Å². The van der Waals surface area contributed by atoms with Crippen molar-refractivity contribution in [1.29, 1.82) is 0 Å². The number of amides is 1. The van der Waals surface area contributed by atoms with E-state index in [1.165, 1.54) is 11.3 Å². The third-order valence-electron chi connectivity index (χ3n) is 4.36. The van der Waals surface area contributed by atoms with Crippen molar-refractivity contribution in [2.24, 2.45) is 0 Å². The highest BCUT2D eigenvalue weighted by atomic mass is 16.3. The lowest BCUT2D eigenvalue weighted by atomic mass is 10.1. The van der Waals surface area contributed by atoms with Gasteiger partial charge in [0.1, 0.15) is 0 Å². The van der Waals surface area contributed by atoms with Crippen molar-refractivity contribution in [3.8, 4) is 0 Å². The summed E-state index contributed by atoms with van der Waals surface area (Å²) < 4.78 is 0. The SMILES string of the molecule is Cc1cccc(N2CCN(C(=O)[C@@H]3C[C@H](O)CN3)CC2)c1. The highest BCUT2D eigenvalue weighted by Crippen LogP contribution is 2.19. The van der Waals surface area contributed by atoms with Gasteiger partial charge >= 0.3 is 0 Å². The number of hydrogen-bond acceptors (Lipinski definition) is 4. The molecule has 0 saturated carbocycles. The van der Waals surface area contributed by atoms with Gasteiger partial charge in [-0.3, -0.25) is 4.79 Å². The van der Waals surface area contributed by atoms with Crippen LogP contribution < -0.4 is 10.2 Å². The lowest BCUT2D eigenvalue weighted by Crippen LogP contribution is -2.53. The van der Waals surface area contributed by atoms with E-state index in [1.54, 1.807) is 0 Å². The molecule has 3 rings (SSSR count). The van der Waals surface area contributed by atoms with Gasteiger partial charge in [-0.25, -0.2) is 0 Å². The van der Waals surface area contributed by atoms with Gasteiger partial charge in [0.15, 0.2) is 0 Å². The van der Waals surface area contributed by atoms with Crippen LogP contribution in [0.5, 0.6) is 0 Å². The molecule has 0 bridgehead atoms. The van der Waals surface area contributed by atoms with Crippen LogP contribution in [0.1, 0.15) is 12.0 Å². The smallest absolute Gasteiger partial charge is 0.239 e. The molecule has 1 aromatic carbocycles. The molecule has 0 unspecified atom stereocenters. The molecule has 2 atom stereocenters. The van der Waals surface area contributed by atoms with E-state index in [1.807, 2.05) is 4.90 Å². The molecule has 5 heteroatoms. The molecule has 2 aliphatic rings. The number of benzene rings is 1. The average molecular weight is 289 g/mol. The van der Waals surface area contributed by atoms with Crippen molar-refractivity contribution in [3.05, 3.63) is 29.8 Å². The lowest BCUT2D eigenvalue weighted by Gasteiger charge is -2.37. The van der Waals surface area contributed by atoms with Crippen molar-refractivity contribution in [2.75, 3.05) is 37.6 Å². The Morgan fingerprint density at radius 3 is 2.67 bits per heavy atom. The number of aliphatic hydroxyl groups excluding tert-OH is 1. The van der Waals surface area contributed by atoms with E-state index in [9.17, 15) is 9.90 Å². The summed E-state index contributed by atoms with van der Waals surface area (Å²) in [6.45, 7) is 5.86. The number of carbonyl (C=O) groups excluding carboxylic acids is 1. The molecule has 2 saturated heterocycles. The fraction of sp³-hybridized carbons (Fsp3) is 0.562. The van der Waals surface area contributed by atoms with E-state index in [0.29, 0.717) is 13.0 Å². The second kappa shape index (κ2) is 6.03. The molecule has 0 radical (unpaired) electrons. The zero-order valence-corrected chi connectivity index (χ0v) is 12.5. The summed E-state index contributed by atoms with van der Waals surface area (Å²) >= 11 is 0. The minimum absolute atomic E-state index is 0.135. The number of aryl methyl sites for hydroxylation is 1. The minimum Gasteiger partial charge on any atom is -0.392 e. The zero-order valence-electron chi connectivity index (χ0n) is 12.5. The lowest BCUT2D eigenvalue weighted by molar-refractivity contribution is -0.133. The molecule has 1 amide bonds. The van der Waals surface area contributed by atoms with E-state index in [2.05, 4.69) is 41.4 Å². The van der Waals surface area contributed by atoms with Crippen LogP contribution in [0.25, 0.3) is 0 Å². The molecular weight excluding hydrogens is 266 g/mol. The van der Waals surface area contributed by atoms with Gasteiger partial charge in [0, 0.05) is 38.4 Å². The number of aliphatic hydroxyl groups is 1. The largest absolute Gasteiger partial charge is 0.392 e. The molecule has 2 fully saturated rings. The summed E-state index contributed by atoms with van der Waals surface area (Å²) in [7, 11) is 0. The first-order valence-corrected chi connectivity index (χ1v) is 7.65. The van der Waals surface area contributed by atoms with E-state index in [4.69, 9.17) is 0 Å². The van der Waals surface area contributed by atoms with Crippen LogP contribution in [-0.4, -0.2) is 60.8 Å². The number of carbonyl (C=O) groups is 1. The highest BCUT2D eigenvalue weighted by molar-refractivity contribution is 5.82. The second-order valence-corrected chi connectivity index (χ2v) is 6.00. The molecular formula is C16H23N3O2. The number of nitrogens with zero attached hydrogens (tertiary/aromatic N) is 2. The molecule has 0 aromatic heterocycles. The summed E-state index contributed by atoms with van der Waals surface area (Å²) in [5.41, 5.74) is 2.49. The average Bonchev–Trinajstić information content (AvgIpc) is 2.93. The van der Waals surface area contributed by atoms with E-state index in [-0.39, 0.29) is 18.1 Å². The van der Waals surface area contributed by atoms with Crippen LogP contribution in [0.15, 0.2) is 24.3 Å². The van der Waals surface area contributed by atoms with Gasteiger partial charge < -0.3 is 20.2 Å². The van der Waals surface area contributed by atoms with Gasteiger partial charge in [0.25, 0.3) is 0 Å².